The summed E-state index contributed by atoms with van der Waals surface area (Å²) in [4.78, 5) is 23.5. The summed E-state index contributed by atoms with van der Waals surface area (Å²) in [6.45, 7) is 2.21. The topological polar surface area (TPSA) is 107 Å². The van der Waals surface area contributed by atoms with Gasteiger partial charge < -0.3 is 20.6 Å². The molecule has 0 saturated heterocycles. The molecule has 6 heteroatoms. The van der Waals surface area contributed by atoms with E-state index in [1.807, 2.05) is 0 Å². The molecule has 0 bridgehead atoms. The van der Waals surface area contributed by atoms with Crippen molar-refractivity contribution >= 4 is 11.9 Å². The van der Waals surface area contributed by atoms with Crippen molar-refractivity contribution in [2.24, 2.45) is 0 Å². The van der Waals surface area contributed by atoms with E-state index in [-0.39, 0.29) is 23.8 Å². The fourth-order valence-electron chi connectivity index (χ4n) is 3.22. The Hall–Kier alpha value is -2.50. The van der Waals surface area contributed by atoms with E-state index in [9.17, 15) is 24.9 Å². The Morgan fingerprint density at radius 1 is 0.933 bits per heavy atom. The molecule has 1 atom stereocenters. The van der Waals surface area contributed by atoms with Crippen LogP contribution in [0.3, 0.4) is 0 Å². The molecule has 0 fully saturated rings. The molecule has 30 heavy (non-hydrogen) atoms. The zero-order valence-electron chi connectivity index (χ0n) is 18.1. The first-order valence-corrected chi connectivity index (χ1v) is 11.1. The molecule has 0 heterocycles. The van der Waals surface area contributed by atoms with Crippen molar-refractivity contribution < 1.29 is 24.9 Å². The molecule has 0 aliphatic heterocycles. The van der Waals surface area contributed by atoms with Crippen LogP contribution >= 0.6 is 0 Å². The molecule has 0 unspecified atom stereocenters. The van der Waals surface area contributed by atoms with Crippen molar-refractivity contribution in [1.29, 1.82) is 0 Å². The van der Waals surface area contributed by atoms with E-state index in [0.29, 0.717) is 12.0 Å². The Kier molecular flexibility index (Phi) is 13.1. The van der Waals surface area contributed by atoms with Gasteiger partial charge in [-0.1, -0.05) is 57.2 Å². The second-order valence-electron chi connectivity index (χ2n) is 7.76. The summed E-state index contributed by atoms with van der Waals surface area (Å²) in [5.41, 5.74) is 0.525. The van der Waals surface area contributed by atoms with Gasteiger partial charge in [0.25, 0.3) is 0 Å². The van der Waals surface area contributed by atoms with E-state index >= 15 is 0 Å². The number of benzene rings is 1. The first-order valence-electron chi connectivity index (χ1n) is 11.1. The second kappa shape index (κ2) is 15.4. The van der Waals surface area contributed by atoms with Gasteiger partial charge >= 0.3 is 5.97 Å². The van der Waals surface area contributed by atoms with Crippen LogP contribution in [0, 0.1) is 0 Å². The first-order chi connectivity index (χ1) is 14.4. The van der Waals surface area contributed by atoms with Crippen LogP contribution in [0.15, 0.2) is 30.4 Å². The standard InChI is InChI=1S/C24H37NO5/c1-2-3-4-5-6-7-8-9-10-11-12-13-14-23(28)25-20(24(29)30)17-19-15-16-21(26)22(27)18-19/h6-7,15-16,18,20,26-27H,2-5,8-14,17H2,1H3,(H,25,28)(H,29,30)/b7-6-/t20-/m0/s1. The number of phenolic OH excluding ortho intramolecular Hbond substituents is 2. The predicted molar refractivity (Wildman–Crippen MR) is 119 cm³/mol. The number of aromatic hydroxyl groups is 2. The van der Waals surface area contributed by atoms with Gasteiger partial charge in [0.1, 0.15) is 6.04 Å². The molecule has 1 rings (SSSR count). The van der Waals surface area contributed by atoms with Gasteiger partial charge in [-0.2, -0.15) is 0 Å². The van der Waals surface area contributed by atoms with Gasteiger partial charge in [-0.15, -0.1) is 0 Å². The Labute approximate surface area is 180 Å². The third-order valence-electron chi connectivity index (χ3n) is 5.03. The number of allylic oxidation sites excluding steroid dienone is 2. The Bertz CT molecular complexity index is 672. The lowest BCUT2D eigenvalue weighted by Crippen LogP contribution is -2.42. The number of phenols is 2. The molecular weight excluding hydrogens is 382 g/mol. The van der Waals surface area contributed by atoms with Crippen LogP contribution in [0.4, 0.5) is 0 Å². The molecule has 0 aliphatic carbocycles. The highest BCUT2D eigenvalue weighted by molar-refractivity contribution is 5.83. The zero-order valence-corrected chi connectivity index (χ0v) is 18.1. The minimum Gasteiger partial charge on any atom is -0.504 e. The molecule has 6 nitrogen and oxygen atoms in total. The fourth-order valence-corrected chi connectivity index (χ4v) is 3.22. The smallest absolute Gasteiger partial charge is 0.326 e. The highest BCUT2D eigenvalue weighted by Gasteiger charge is 2.20. The van der Waals surface area contributed by atoms with E-state index in [0.717, 1.165) is 38.5 Å². The van der Waals surface area contributed by atoms with Gasteiger partial charge in [0.2, 0.25) is 5.91 Å². The number of hydrogen-bond acceptors (Lipinski definition) is 4. The zero-order chi connectivity index (χ0) is 22.2. The number of amides is 1. The minimum atomic E-state index is -1.13. The van der Waals surface area contributed by atoms with Gasteiger partial charge in [0.15, 0.2) is 11.5 Å². The largest absolute Gasteiger partial charge is 0.504 e. The molecule has 1 aromatic carbocycles. The average molecular weight is 420 g/mol. The third-order valence-corrected chi connectivity index (χ3v) is 5.03. The minimum absolute atomic E-state index is 0.0425. The summed E-state index contributed by atoms with van der Waals surface area (Å²) >= 11 is 0. The number of rotatable bonds is 16. The number of unbranched alkanes of at least 4 members (excludes halogenated alkanes) is 8. The van der Waals surface area contributed by atoms with Crippen molar-refractivity contribution in [2.75, 3.05) is 0 Å². The summed E-state index contributed by atoms with van der Waals surface area (Å²) in [7, 11) is 0. The molecule has 4 N–H and O–H groups in total. The summed E-state index contributed by atoms with van der Waals surface area (Å²) in [5.74, 6) is -1.98. The quantitative estimate of drug-likeness (QED) is 0.170. The maximum Gasteiger partial charge on any atom is 0.326 e. The molecule has 168 valence electrons. The van der Waals surface area contributed by atoms with Gasteiger partial charge in [-0.3, -0.25) is 4.79 Å². The number of carbonyl (C=O) groups excluding carboxylic acids is 1. The Balaban J connectivity index is 2.18. The van der Waals surface area contributed by atoms with E-state index in [4.69, 9.17) is 0 Å². The number of carbonyl (C=O) groups is 2. The van der Waals surface area contributed by atoms with Crippen LogP contribution in [0.2, 0.25) is 0 Å². The van der Waals surface area contributed by atoms with Crippen molar-refractivity contribution in [2.45, 2.75) is 90.0 Å². The Morgan fingerprint density at radius 2 is 1.57 bits per heavy atom. The highest BCUT2D eigenvalue weighted by atomic mass is 16.4. The molecule has 0 aliphatic rings. The molecule has 0 aromatic heterocycles. The first kappa shape index (κ1) is 25.5. The maximum absolute atomic E-state index is 12.1. The van der Waals surface area contributed by atoms with E-state index in [1.165, 1.54) is 43.9 Å². The van der Waals surface area contributed by atoms with E-state index in [1.54, 1.807) is 0 Å². The summed E-state index contributed by atoms with van der Waals surface area (Å²) in [6, 6.07) is 3.06. The summed E-state index contributed by atoms with van der Waals surface area (Å²) in [6.07, 6.45) is 16.1. The van der Waals surface area contributed by atoms with Crippen LogP contribution in [-0.4, -0.2) is 33.2 Å². The van der Waals surface area contributed by atoms with Gasteiger partial charge in [-0.25, -0.2) is 4.79 Å². The fraction of sp³-hybridized carbons (Fsp3) is 0.583. The van der Waals surface area contributed by atoms with Gasteiger partial charge in [0, 0.05) is 12.8 Å². The van der Waals surface area contributed by atoms with Crippen LogP contribution in [0.25, 0.3) is 0 Å². The van der Waals surface area contributed by atoms with Gasteiger partial charge in [0.05, 0.1) is 0 Å². The predicted octanol–water partition coefficient (Wildman–Crippen LogP) is 5.08. The molecular formula is C24H37NO5. The lowest BCUT2D eigenvalue weighted by molar-refractivity contribution is -0.141. The number of carboxylic acids is 1. The summed E-state index contributed by atoms with van der Waals surface area (Å²) < 4.78 is 0. The third kappa shape index (κ3) is 11.5. The number of nitrogens with one attached hydrogen (secondary N) is 1. The molecule has 0 radical (unpaired) electrons. The lowest BCUT2D eigenvalue weighted by Gasteiger charge is -2.15. The monoisotopic (exact) mass is 419 g/mol. The van der Waals surface area contributed by atoms with Gasteiger partial charge in [-0.05, 0) is 49.8 Å². The Morgan fingerprint density at radius 3 is 2.20 bits per heavy atom. The number of carboxylic acid groups (broad SMARTS) is 1. The lowest BCUT2D eigenvalue weighted by atomic mass is 10.0. The summed E-state index contributed by atoms with van der Waals surface area (Å²) in [5, 5.41) is 30.8. The average Bonchev–Trinajstić information content (AvgIpc) is 2.71. The normalized spacial score (nSPS) is 12.2. The van der Waals surface area contributed by atoms with Crippen LogP contribution in [-0.2, 0) is 16.0 Å². The van der Waals surface area contributed by atoms with Crippen molar-refractivity contribution in [3.8, 4) is 11.5 Å². The molecule has 0 saturated carbocycles. The van der Waals surface area contributed by atoms with Crippen molar-refractivity contribution in [1.82, 2.24) is 5.32 Å². The van der Waals surface area contributed by atoms with Crippen molar-refractivity contribution in [3.05, 3.63) is 35.9 Å². The van der Waals surface area contributed by atoms with Crippen LogP contribution in [0.5, 0.6) is 11.5 Å². The number of aliphatic carboxylic acids is 1. The molecule has 0 spiro atoms. The van der Waals surface area contributed by atoms with E-state index in [2.05, 4.69) is 24.4 Å². The van der Waals surface area contributed by atoms with Crippen LogP contribution in [0.1, 0.15) is 83.1 Å². The number of hydrogen-bond donors (Lipinski definition) is 4. The van der Waals surface area contributed by atoms with Crippen LogP contribution < -0.4 is 5.32 Å². The van der Waals surface area contributed by atoms with Crippen molar-refractivity contribution in [3.63, 3.8) is 0 Å². The molecule has 1 aromatic rings. The SMILES string of the molecule is CCCCC/C=C\CCCCCCCC(=O)N[C@@H](Cc1ccc(O)c(O)c1)C(=O)O. The maximum atomic E-state index is 12.1. The van der Waals surface area contributed by atoms with E-state index < -0.39 is 12.0 Å². The highest BCUT2D eigenvalue weighted by Crippen LogP contribution is 2.25. The molecule has 1 amide bonds. The second-order valence-corrected chi connectivity index (χ2v) is 7.76.